The van der Waals surface area contributed by atoms with E-state index >= 15 is 0 Å². The summed E-state index contributed by atoms with van der Waals surface area (Å²) in [6.07, 6.45) is 1.46. The Morgan fingerprint density at radius 2 is 2.15 bits per heavy atom. The van der Waals surface area contributed by atoms with E-state index in [2.05, 4.69) is 30.9 Å². The van der Waals surface area contributed by atoms with Crippen molar-refractivity contribution in [3.63, 3.8) is 0 Å². The summed E-state index contributed by atoms with van der Waals surface area (Å²) in [7, 11) is 1.57. The van der Waals surface area contributed by atoms with Crippen LogP contribution in [0.15, 0.2) is 29.0 Å². The number of hydrogen-bond acceptors (Lipinski definition) is 4. The minimum absolute atomic E-state index is 0.480. The second kappa shape index (κ2) is 4.99. The van der Waals surface area contributed by atoms with Crippen molar-refractivity contribution in [2.24, 2.45) is 0 Å². The predicted octanol–water partition coefficient (Wildman–Crippen LogP) is 3.56. The molecule has 0 unspecified atom stereocenters. The summed E-state index contributed by atoms with van der Waals surface area (Å²) in [6, 6.07) is 6.01. The lowest BCUT2D eigenvalue weighted by Crippen LogP contribution is -1.97. The molecule has 0 amide bonds. The van der Waals surface area contributed by atoms with Gasteiger partial charge in [-0.15, -0.1) is 0 Å². The van der Waals surface area contributed by atoms with Crippen molar-refractivity contribution >= 4 is 39.3 Å². The highest BCUT2D eigenvalue weighted by molar-refractivity contribution is 9.10. The van der Waals surface area contributed by atoms with E-state index in [1.165, 1.54) is 6.33 Å². The minimum Gasteiger partial charge on any atom is -0.479 e. The normalized spacial score (nSPS) is 10.9. The maximum atomic E-state index is 5.39. The van der Waals surface area contributed by atoms with Crippen LogP contribution in [0.2, 0.25) is 0 Å². The van der Waals surface area contributed by atoms with Gasteiger partial charge in [0.1, 0.15) is 11.8 Å². The van der Waals surface area contributed by atoms with Gasteiger partial charge in [-0.3, -0.25) is 4.57 Å². The highest BCUT2D eigenvalue weighted by atomic mass is 79.9. The van der Waals surface area contributed by atoms with E-state index in [1.807, 2.05) is 29.7 Å². The van der Waals surface area contributed by atoms with Gasteiger partial charge in [-0.1, -0.05) is 15.9 Å². The molecule has 20 heavy (non-hydrogen) atoms. The fourth-order valence-electron chi connectivity index (χ4n) is 2.06. The number of hydrogen-bond donors (Lipinski definition) is 1. The summed E-state index contributed by atoms with van der Waals surface area (Å²) in [5.41, 5.74) is 3.46. The van der Waals surface area contributed by atoms with Crippen molar-refractivity contribution < 1.29 is 4.74 Å². The number of benzene rings is 1. The molecule has 0 radical (unpaired) electrons. The lowest BCUT2D eigenvalue weighted by molar-refractivity contribution is 0.401. The summed E-state index contributed by atoms with van der Waals surface area (Å²) < 4.78 is 8.71. The summed E-state index contributed by atoms with van der Waals surface area (Å²) in [5, 5.41) is 0. The van der Waals surface area contributed by atoms with Gasteiger partial charge in [-0.2, -0.15) is 4.98 Å². The number of halogens is 1. The van der Waals surface area contributed by atoms with Crippen molar-refractivity contribution in [1.82, 2.24) is 19.5 Å². The molecular weight excluding hydrogens is 340 g/mol. The molecule has 3 rings (SSSR count). The van der Waals surface area contributed by atoms with E-state index in [4.69, 9.17) is 17.0 Å². The number of H-pyrrole nitrogens is 1. The smallest absolute Gasteiger partial charge is 0.242 e. The van der Waals surface area contributed by atoms with Crippen molar-refractivity contribution in [2.75, 3.05) is 7.11 Å². The molecule has 7 heteroatoms. The molecule has 0 saturated heterocycles. The number of nitrogens with one attached hydrogen (secondary N) is 1. The Bertz CT molecular complexity index is 855. The number of aromatic amines is 1. The van der Waals surface area contributed by atoms with Crippen molar-refractivity contribution in [1.29, 1.82) is 0 Å². The number of aromatic nitrogens is 4. The van der Waals surface area contributed by atoms with Crippen molar-refractivity contribution in [2.45, 2.75) is 6.92 Å². The van der Waals surface area contributed by atoms with E-state index in [9.17, 15) is 0 Å². The second-order valence-electron chi connectivity index (χ2n) is 4.28. The average Bonchev–Trinajstić information content (AvgIpc) is 2.78. The van der Waals surface area contributed by atoms with Crippen molar-refractivity contribution in [3.8, 4) is 11.6 Å². The van der Waals surface area contributed by atoms with Crippen LogP contribution in [0.4, 0.5) is 0 Å². The molecule has 2 heterocycles. The van der Waals surface area contributed by atoms with E-state index in [1.54, 1.807) is 7.11 Å². The topological polar surface area (TPSA) is 55.7 Å². The van der Waals surface area contributed by atoms with Gasteiger partial charge in [0.2, 0.25) is 5.88 Å². The zero-order chi connectivity index (χ0) is 14.3. The zero-order valence-corrected chi connectivity index (χ0v) is 13.2. The lowest BCUT2D eigenvalue weighted by Gasteiger charge is -2.06. The largest absolute Gasteiger partial charge is 0.479 e. The van der Waals surface area contributed by atoms with Crippen LogP contribution in [0.25, 0.3) is 16.9 Å². The first-order chi connectivity index (χ1) is 9.61. The number of nitrogens with zero attached hydrogens (tertiary/aromatic N) is 3. The average molecular weight is 351 g/mol. The molecule has 5 nitrogen and oxygen atoms in total. The Morgan fingerprint density at radius 3 is 2.85 bits per heavy atom. The highest BCUT2D eigenvalue weighted by Gasteiger charge is 2.13. The summed E-state index contributed by atoms with van der Waals surface area (Å²) in [6.45, 7) is 2.03. The number of ether oxygens (including phenoxy) is 1. The highest BCUT2D eigenvalue weighted by Crippen LogP contribution is 2.25. The Labute approximate surface area is 128 Å². The zero-order valence-electron chi connectivity index (χ0n) is 10.8. The van der Waals surface area contributed by atoms with Crippen molar-refractivity contribution in [3.05, 3.63) is 39.3 Å². The summed E-state index contributed by atoms with van der Waals surface area (Å²) in [5.74, 6) is 0.480. The molecule has 2 aromatic heterocycles. The van der Waals surface area contributed by atoms with Crippen LogP contribution < -0.4 is 4.74 Å². The van der Waals surface area contributed by atoms with Crippen LogP contribution in [0.3, 0.4) is 0 Å². The quantitative estimate of drug-likeness (QED) is 0.718. The summed E-state index contributed by atoms with van der Waals surface area (Å²) in [4.78, 5) is 11.5. The van der Waals surface area contributed by atoms with Crippen LogP contribution in [0.5, 0.6) is 5.88 Å². The van der Waals surface area contributed by atoms with Gasteiger partial charge in [0.15, 0.2) is 10.4 Å². The lowest BCUT2D eigenvalue weighted by atomic mass is 10.2. The molecule has 0 fully saturated rings. The number of methoxy groups -OCH3 is 1. The van der Waals surface area contributed by atoms with E-state index in [-0.39, 0.29) is 0 Å². The van der Waals surface area contributed by atoms with Gasteiger partial charge in [-0.25, -0.2) is 4.98 Å². The molecule has 0 aliphatic heterocycles. The molecule has 0 spiro atoms. The van der Waals surface area contributed by atoms with Gasteiger partial charge >= 0.3 is 0 Å². The van der Waals surface area contributed by atoms with Crippen LogP contribution in [0.1, 0.15) is 5.56 Å². The van der Waals surface area contributed by atoms with E-state index in [0.29, 0.717) is 21.8 Å². The van der Waals surface area contributed by atoms with Crippen LogP contribution >= 0.6 is 28.1 Å². The molecule has 0 aliphatic carbocycles. The minimum atomic E-state index is 0.480. The molecule has 1 aromatic carbocycles. The third-order valence-electron chi connectivity index (χ3n) is 3.03. The van der Waals surface area contributed by atoms with Crippen LogP contribution in [-0.4, -0.2) is 26.6 Å². The maximum absolute atomic E-state index is 5.39. The molecule has 0 bridgehead atoms. The molecule has 0 aliphatic rings. The Balaban J connectivity index is 2.33. The molecular formula is C13H11BrN4OS. The maximum Gasteiger partial charge on any atom is 0.242 e. The molecule has 1 N–H and O–H groups in total. The third kappa shape index (κ3) is 2.03. The first-order valence-corrected chi connectivity index (χ1v) is 7.08. The third-order valence-corrected chi connectivity index (χ3v) is 4.21. The fraction of sp³-hybridized carbons (Fsp3) is 0.154. The Kier molecular flexibility index (Phi) is 3.31. The summed E-state index contributed by atoms with van der Waals surface area (Å²) >= 11 is 8.89. The van der Waals surface area contributed by atoms with E-state index in [0.717, 1.165) is 15.7 Å². The second-order valence-corrected chi connectivity index (χ2v) is 5.52. The SMILES string of the molecule is COc1ncnc2c1[nH]c(=S)n2-c1ccc(Br)c(C)c1. The number of rotatable bonds is 2. The Hall–Kier alpha value is -1.73. The van der Waals surface area contributed by atoms with Gasteiger partial charge in [0.25, 0.3) is 0 Å². The van der Waals surface area contributed by atoms with Gasteiger partial charge in [0.05, 0.1) is 12.8 Å². The predicted molar refractivity (Wildman–Crippen MR) is 83.0 cm³/mol. The van der Waals surface area contributed by atoms with Crippen LogP contribution in [0, 0.1) is 11.7 Å². The first-order valence-electron chi connectivity index (χ1n) is 5.88. The molecule has 0 atom stereocenters. The molecule has 3 aromatic rings. The first kappa shape index (κ1) is 13.3. The van der Waals surface area contributed by atoms with Crippen LogP contribution in [-0.2, 0) is 0 Å². The van der Waals surface area contributed by atoms with Gasteiger partial charge in [-0.05, 0) is 42.9 Å². The number of imidazole rings is 1. The number of aryl methyl sites for hydroxylation is 1. The molecule has 0 saturated carbocycles. The standard InChI is InChI=1S/C13H11BrN4OS/c1-7-5-8(3-4-9(7)14)18-11-10(17-13(18)20)12(19-2)16-6-15-11/h3-6H,1-2H3,(H,17,20). The fourth-order valence-corrected chi connectivity index (χ4v) is 2.60. The number of fused-ring (bicyclic) bond motifs is 1. The van der Waals surface area contributed by atoms with E-state index < -0.39 is 0 Å². The molecule has 102 valence electrons. The van der Waals surface area contributed by atoms with Gasteiger partial charge in [0, 0.05) is 4.47 Å². The Morgan fingerprint density at radius 1 is 1.35 bits per heavy atom. The van der Waals surface area contributed by atoms with Gasteiger partial charge < -0.3 is 9.72 Å². The monoisotopic (exact) mass is 350 g/mol.